The Bertz CT molecular complexity index is 754. The number of aliphatic hydroxyl groups excluding tert-OH is 1. The van der Waals surface area contributed by atoms with Crippen molar-refractivity contribution in [3.05, 3.63) is 64.7 Å². The SMILES string of the molecule is O=C1c2ccccc2C(=O)c2cc(NCCOCCO)ccc21. The van der Waals surface area contributed by atoms with Crippen LogP contribution in [0.25, 0.3) is 0 Å². The van der Waals surface area contributed by atoms with Crippen LogP contribution >= 0.6 is 0 Å². The van der Waals surface area contributed by atoms with Gasteiger partial charge in [-0.2, -0.15) is 0 Å². The first-order chi connectivity index (χ1) is 11.2. The van der Waals surface area contributed by atoms with Crippen molar-refractivity contribution in [1.82, 2.24) is 0 Å². The molecule has 0 aromatic heterocycles. The molecule has 0 saturated carbocycles. The first-order valence-corrected chi connectivity index (χ1v) is 7.47. The molecule has 0 saturated heterocycles. The van der Waals surface area contributed by atoms with Gasteiger partial charge in [-0.05, 0) is 18.2 Å². The van der Waals surface area contributed by atoms with Crippen LogP contribution in [0.5, 0.6) is 0 Å². The second kappa shape index (κ2) is 6.73. The highest BCUT2D eigenvalue weighted by Gasteiger charge is 2.29. The zero-order valence-electron chi connectivity index (χ0n) is 12.5. The number of anilines is 1. The maximum atomic E-state index is 12.6. The molecule has 5 nitrogen and oxygen atoms in total. The van der Waals surface area contributed by atoms with Gasteiger partial charge in [-0.3, -0.25) is 9.59 Å². The van der Waals surface area contributed by atoms with Crippen LogP contribution in [0.3, 0.4) is 0 Å². The van der Waals surface area contributed by atoms with Gasteiger partial charge < -0.3 is 15.2 Å². The predicted octanol–water partition coefficient (Wildman–Crippen LogP) is 1.88. The van der Waals surface area contributed by atoms with Crippen molar-refractivity contribution in [3.63, 3.8) is 0 Å². The van der Waals surface area contributed by atoms with E-state index in [0.717, 1.165) is 5.69 Å². The lowest BCUT2D eigenvalue weighted by Crippen LogP contribution is -2.21. The molecule has 1 aliphatic carbocycles. The van der Waals surface area contributed by atoms with Gasteiger partial charge in [-0.15, -0.1) is 0 Å². The Labute approximate surface area is 133 Å². The summed E-state index contributed by atoms with van der Waals surface area (Å²) >= 11 is 0. The van der Waals surface area contributed by atoms with E-state index in [4.69, 9.17) is 9.84 Å². The van der Waals surface area contributed by atoms with Gasteiger partial charge in [0.2, 0.25) is 0 Å². The van der Waals surface area contributed by atoms with E-state index in [-0.39, 0.29) is 18.2 Å². The molecule has 23 heavy (non-hydrogen) atoms. The van der Waals surface area contributed by atoms with E-state index in [0.29, 0.717) is 42.0 Å². The van der Waals surface area contributed by atoms with Crippen LogP contribution in [0.15, 0.2) is 42.5 Å². The number of hydrogen-bond donors (Lipinski definition) is 2. The molecule has 1 aliphatic rings. The molecule has 0 radical (unpaired) electrons. The number of carbonyl (C=O) groups excluding carboxylic acids is 2. The van der Waals surface area contributed by atoms with Crippen molar-refractivity contribution in [2.24, 2.45) is 0 Å². The van der Waals surface area contributed by atoms with E-state index >= 15 is 0 Å². The summed E-state index contributed by atoms with van der Waals surface area (Å²) in [6, 6.07) is 12.1. The Morgan fingerprint density at radius 3 is 2.22 bits per heavy atom. The number of rotatable bonds is 6. The lowest BCUT2D eigenvalue weighted by molar-refractivity contribution is 0.0979. The van der Waals surface area contributed by atoms with Crippen molar-refractivity contribution in [1.29, 1.82) is 0 Å². The van der Waals surface area contributed by atoms with Gasteiger partial charge in [0, 0.05) is 34.5 Å². The number of nitrogens with one attached hydrogen (secondary N) is 1. The third-order valence-corrected chi connectivity index (χ3v) is 3.74. The quantitative estimate of drug-likeness (QED) is 0.680. The zero-order valence-corrected chi connectivity index (χ0v) is 12.5. The number of carbonyl (C=O) groups is 2. The van der Waals surface area contributed by atoms with Crippen molar-refractivity contribution < 1.29 is 19.4 Å². The molecular formula is C18H17NO4. The zero-order chi connectivity index (χ0) is 16.2. The minimum Gasteiger partial charge on any atom is -0.394 e. The molecule has 0 bridgehead atoms. The van der Waals surface area contributed by atoms with E-state index < -0.39 is 0 Å². The summed E-state index contributed by atoms with van der Waals surface area (Å²) in [7, 11) is 0. The number of ether oxygens (including phenoxy) is 1. The predicted molar refractivity (Wildman–Crippen MR) is 86.1 cm³/mol. The highest BCUT2D eigenvalue weighted by molar-refractivity contribution is 6.28. The van der Waals surface area contributed by atoms with Crippen molar-refractivity contribution in [3.8, 4) is 0 Å². The van der Waals surface area contributed by atoms with Gasteiger partial charge in [-0.1, -0.05) is 24.3 Å². The molecule has 5 heteroatoms. The summed E-state index contributed by atoms with van der Waals surface area (Å²) < 4.78 is 5.17. The average Bonchev–Trinajstić information content (AvgIpc) is 2.59. The van der Waals surface area contributed by atoms with Crippen LogP contribution in [0.1, 0.15) is 31.8 Å². The molecule has 0 heterocycles. The monoisotopic (exact) mass is 311 g/mol. The second-order valence-electron chi connectivity index (χ2n) is 5.23. The van der Waals surface area contributed by atoms with Crippen LogP contribution in [-0.2, 0) is 4.74 Å². The second-order valence-corrected chi connectivity index (χ2v) is 5.23. The van der Waals surface area contributed by atoms with Crippen molar-refractivity contribution >= 4 is 17.3 Å². The lowest BCUT2D eigenvalue weighted by atomic mass is 9.84. The topological polar surface area (TPSA) is 75.6 Å². The van der Waals surface area contributed by atoms with E-state index in [1.807, 2.05) is 0 Å². The number of hydrogen-bond acceptors (Lipinski definition) is 5. The number of benzene rings is 2. The highest BCUT2D eigenvalue weighted by Crippen LogP contribution is 2.28. The fraction of sp³-hybridized carbons (Fsp3) is 0.222. The summed E-state index contributed by atoms with van der Waals surface area (Å²) in [6.45, 7) is 1.30. The van der Waals surface area contributed by atoms with Crippen LogP contribution in [-0.4, -0.2) is 43.0 Å². The van der Waals surface area contributed by atoms with E-state index in [9.17, 15) is 9.59 Å². The Kier molecular flexibility index (Phi) is 4.50. The number of fused-ring (bicyclic) bond motifs is 2. The third-order valence-electron chi connectivity index (χ3n) is 3.74. The molecule has 0 amide bonds. The Morgan fingerprint density at radius 2 is 1.52 bits per heavy atom. The molecule has 2 aromatic carbocycles. The molecule has 118 valence electrons. The molecule has 0 fully saturated rings. The van der Waals surface area contributed by atoms with Gasteiger partial charge in [0.05, 0.1) is 19.8 Å². The fourth-order valence-corrected chi connectivity index (χ4v) is 2.64. The Hall–Kier alpha value is -2.50. The Morgan fingerprint density at radius 1 is 0.870 bits per heavy atom. The van der Waals surface area contributed by atoms with E-state index in [1.165, 1.54) is 0 Å². The smallest absolute Gasteiger partial charge is 0.194 e. The normalized spacial score (nSPS) is 12.7. The van der Waals surface area contributed by atoms with Crippen LogP contribution < -0.4 is 5.32 Å². The first-order valence-electron chi connectivity index (χ1n) is 7.47. The average molecular weight is 311 g/mol. The van der Waals surface area contributed by atoms with E-state index in [1.54, 1.807) is 42.5 Å². The molecule has 2 aromatic rings. The van der Waals surface area contributed by atoms with Crippen LogP contribution in [0.4, 0.5) is 5.69 Å². The van der Waals surface area contributed by atoms with Gasteiger partial charge in [0.15, 0.2) is 11.6 Å². The first kappa shape index (κ1) is 15.4. The number of aliphatic hydroxyl groups is 1. The Balaban J connectivity index is 1.80. The molecule has 0 spiro atoms. The molecule has 0 aliphatic heterocycles. The lowest BCUT2D eigenvalue weighted by Gasteiger charge is -2.18. The molecule has 2 N–H and O–H groups in total. The van der Waals surface area contributed by atoms with Crippen LogP contribution in [0, 0.1) is 0 Å². The van der Waals surface area contributed by atoms with Gasteiger partial charge in [0.1, 0.15) is 0 Å². The highest BCUT2D eigenvalue weighted by atomic mass is 16.5. The summed E-state index contributed by atoms with van der Waals surface area (Å²) in [5.74, 6) is -0.247. The van der Waals surface area contributed by atoms with Gasteiger partial charge in [0.25, 0.3) is 0 Å². The van der Waals surface area contributed by atoms with Gasteiger partial charge >= 0.3 is 0 Å². The van der Waals surface area contributed by atoms with Crippen molar-refractivity contribution in [2.45, 2.75) is 0 Å². The maximum absolute atomic E-state index is 12.6. The summed E-state index contributed by atoms with van der Waals surface area (Å²) in [6.07, 6.45) is 0. The largest absolute Gasteiger partial charge is 0.394 e. The maximum Gasteiger partial charge on any atom is 0.194 e. The van der Waals surface area contributed by atoms with E-state index in [2.05, 4.69) is 5.32 Å². The molecular weight excluding hydrogens is 294 g/mol. The van der Waals surface area contributed by atoms with Crippen LogP contribution in [0.2, 0.25) is 0 Å². The summed E-state index contributed by atoms with van der Waals surface area (Å²) in [4.78, 5) is 25.1. The molecule has 0 unspecified atom stereocenters. The standard InChI is InChI=1S/C18H17NO4/c20-8-10-23-9-7-19-12-5-6-15-16(11-12)18(22)14-4-2-1-3-13(14)17(15)21/h1-6,11,19-20H,7-10H2. The molecule has 3 rings (SSSR count). The summed E-state index contributed by atoms with van der Waals surface area (Å²) in [5.41, 5.74) is 2.54. The molecule has 0 atom stereocenters. The minimum atomic E-state index is -0.129. The van der Waals surface area contributed by atoms with Crippen molar-refractivity contribution in [2.75, 3.05) is 31.7 Å². The van der Waals surface area contributed by atoms with Gasteiger partial charge in [-0.25, -0.2) is 0 Å². The summed E-state index contributed by atoms with van der Waals surface area (Å²) in [5, 5.41) is 11.8. The fourth-order valence-electron chi connectivity index (χ4n) is 2.64. The number of ketones is 2. The third kappa shape index (κ3) is 3.02. The minimum absolute atomic E-state index is 0.00509.